The molecular formula is C13H24NO+. The zero-order valence-electron chi connectivity index (χ0n) is 10.2. The summed E-state index contributed by atoms with van der Waals surface area (Å²) in [7, 11) is 0. The van der Waals surface area contributed by atoms with Gasteiger partial charge in [0.25, 0.3) is 0 Å². The van der Waals surface area contributed by atoms with Gasteiger partial charge in [0.05, 0.1) is 0 Å². The maximum atomic E-state index is 9.71. The molecular weight excluding hydrogens is 186 g/mol. The number of nitrogens with zero attached hydrogens (tertiary/aromatic N) is 1. The number of hydrogen-bond acceptors (Lipinski definition) is 1. The predicted octanol–water partition coefficient (Wildman–Crippen LogP) is 2.48. The molecule has 0 spiro atoms. The molecule has 0 heterocycles. The van der Waals surface area contributed by atoms with Crippen molar-refractivity contribution in [1.82, 2.24) is 0 Å². The normalized spacial score (nSPS) is 20.8. The number of hydrogen-bond donors (Lipinski definition) is 1. The summed E-state index contributed by atoms with van der Waals surface area (Å²) in [6, 6.07) is 0.489. The first kappa shape index (κ1) is 14.1. The van der Waals surface area contributed by atoms with Gasteiger partial charge in [-0.15, -0.1) is 0 Å². The molecule has 0 aromatic carbocycles. The Balaban J connectivity index is 5.36. The molecule has 0 radical (unpaired) electrons. The fraction of sp³-hybridized carbons (Fsp3) is 0.538. The molecule has 3 unspecified atom stereocenters. The van der Waals surface area contributed by atoms with Crippen molar-refractivity contribution in [2.75, 3.05) is 6.73 Å². The summed E-state index contributed by atoms with van der Waals surface area (Å²) in [5.74, 6) is 0. The Kier molecular flexibility index (Phi) is 5.55. The van der Waals surface area contributed by atoms with Crippen LogP contribution in [-0.2, 0) is 0 Å². The van der Waals surface area contributed by atoms with E-state index in [1.54, 1.807) is 0 Å². The Labute approximate surface area is 93.8 Å². The van der Waals surface area contributed by atoms with E-state index in [9.17, 15) is 5.11 Å². The van der Waals surface area contributed by atoms with Crippen molar-refractivity contribution in [3.63, 3.8) is 0 Å². The molecule has 0 aromatic rings. The molecule has 0 aliphatic heterocycles. The average molecular weight is 210 g/mol. The highest BCUT2D eigenvalue weighted by atomic mass is 16.3. The van der Waals surface area contributed by atoms with Gasteiger partial charge in [-0.25, -0.2) is 0 Å². The van der Waals surface area contributed by atoms with Gasteiger partial charge in [-0.05, 0) is 39.0 Å². The molecule has 2 heteroatoms. The SMILES string of the molecule is C=CC(C)[N+](CO)(C(C)C=C)C(C)C=C. The van der Waals surface area contributed by atoms with Crippen LogP contribution in [0.15, 0.2) is 38.0 Å². The van der Waals surface area contributed by atoms with Crippen molar-refractivity contribution < 1.29 is 9.59 Å². The topological polar surface area (TPSA) is 20.2 Å². The van der Waals surface area contributed by atoms with Crippen molar-refractivity contribution >= 4 is 0 Å². The monoisotopic (exact) mass is 210 g/mol. The van der Waals surface area contributed by atoms with Crippen LogP contribution in [0.1, 0.15) is 20.8 Å². The van der Waals surface area contributed by atoms with E-state index in [1.165, 1.54) is 0 Å². The fourth-order valence-corrected chi connectivity index (χ4v) is 2.09. The van der Waals surface area contributed by atoms with Crippen LogP contribution in [0.4, 0.5) is 0 Å². The Bertz CT molecular complexity index is 199. The van der Waals surface area contributed by atoms with Crippen molar-refractivity contribution in [3.8, 4) is 0 Å². The van der Waals surface area contributed by atoms with Gasteiger partial charge in [0.1, 0.15) is 18.1 Å². The first-order valence-corrected chi connectivity index (χ1v) is 5.36. The summed E-state index contributed by atoms with van der Waals surface area (Å²) in [5.41, 5.74) is 0. The second kappa shape index (κ2) is 5.89. The van der Waals surface area contributed by atoms with Gasteiger partial charge in [0.2, 0.25) is 0 Å². The highest BCUT2D eigenvalue weighted by Crippen LogP contribution is 2.25. The smallest absolute Gasteiger partial charge is 0.181 e. The highest BCUT2D eigenvalue weighted by molar-refractivity contribution is 4.89. The van der Waals surface area contributed by atoms with Gasteiger partial charge >= 0.3 is 0 Å². The minimum absolute atomic E-state index is 0.0631. The largest absolute Gasteiger partial charge is 0.347 e. The van der Waals surface area contributed by atoms with E-state index < -0.39 is 0 Å². The van der Waals surface area contributed by atoms with Crippen LogP contribution >= 0.6 is 0 Å². The maximum Gasteiger partial charge on any atom is 0.181 e. The number of aliphatic hydroxyl groups is 1. The van der Waals surface area contributed by atoms with Crippen molar-refractivity contribution in [3.05, 3.63) is 38.0 Å². The fourth-order valence-electron chi connectivity index (χ4n) is 2.09. The molecule has 1 N–H and O–H groups in total. The van der Waals surface area contributed by atoms with Crippen molar-refractivity contribution in [2.45, 2.75) is 38.9 Å². The first-order chi connectivity index (χ1) is 7.00. The lowest BCUT2D eigenvalue weighted by Gasteiger charge is -2.47. The molecule has 0 aromatic heterocycles. The van der Waals surface area contributed by atoms with E-state index in [-0.39, 0.29) is 24.9 Å². The maximum absolute atomic E-state index is 9.71. The van der Waals surface area contributed by atoms with Crippen LogP contribution in [0, 0.1) is 0 Å². The van der Waals surface area contributed by atoms with Crippen molar-refractivity contribution in [1.29, 1.82) is 0 Å². The Hall–Kier alpha value is -0.860. The third kappa shape index (κ3) is 2.39. The molecule has 0 bridgehead atoms. The summed E-state index contributed by atoms with van der Waals surface area (Å²) < 4.78 is 0.510. The Morgan fingerprint density at radius 2 is 1.20 bits per heavy atom. The number of quaternary nitrogens is 1. The van der Waals surface area contributed by atoms with E-state index in [0.29, 0.717) is 4.48 Å². The molecule has 0 rings (SSSR count). The number of rotatable bonds is 7. The molecule has 0 fully saturated rings. The third-order valence-electron chi connectivity index (χ3n) is 3.54. The minimum Gasteiger partial charge on any atom is -0.347 e. The first-order valence-electron chi connectivity index (χ1n) is 5.36. The van der Waals surface area contributed by atoms with Crippen LogP contribution in [-0.4, -0.2) is 34.4 Å². The predicted molar refractivity (Wildman–Crippen MR) is 66.3 cm³/mol. The summed E-state index contributed by atoms with van der Waals surface area (Å²) in [5, 5.41) is 9.71. The molecule has 3 atom stereocenters. The quantitative estimate of drug-likeness (QED) is 0.389. The number of aliphatic hydroxyl groups excluding tert-OH is 1. The highest BCUT2D eigenvalue weighted by Gasteiger charge is 2.39. The molecule has 86 valence electrons. The summed E-state index contributed by atoms with van der Waals surface area (Å²) >= 11 is 0. The lowest BCUT2D eigenvalue weighted by atomic mass is 10.0. The lowest BCUT2D eigenvalue weighted by Crippen LogP contribution is -2.63. The van der Waals surface area contributed by atoms with E-state index in [0.717, 1.165) is 0 Å². The van der Waals surface area contributed by atoms with Gasteiger partial charge in [0, 0.05) is 0 Å². The molecule has 15 heavy (non-hydrogen) atoms. The molecule has 0 aliphatic rings. The van der Waals surface area contributed by atoms with Gasteiger partial charge < -0.3 is 5.11 Å². The van der Waals surface area contributed by atoms with Gasteiger partial charge in [-0.2, -0.15) is 0 Å². The van der Waals surface area contributed by atoms with Crippen LogP contribution in [0.5, 0.6) is 0 Å². The molecule has 0 amide bonds. The van der Waals surface area contributed by atoms with Gasteiger partial charge in [0.15, 0.2) is 6.73 Å². The zero-order valence-corrected chi connectivity index (χ0v) is 10.2. The van der Waals surface area contributed by atoms with E-state index in [2.05, 4.69) is 40.5 Å². The standard InChI is InChI=1S/C13H24NO/c1-7-11(4)14(10-15,12(5)8-2)13(6)9-3/h7-9,11-13,15H,1-3,10H2,4-6H3/q+1. The minimum atomic E-state index is 0.0631. The molecule has 0 aliphatic carbocycles. The summed E-state index contributed by atoms with van der Waals surface area (Å²) in [4.78, 5) is 0. The summed E-state index contributed by atoms with van der Waals surface area (Å²) in [6.45, 7) is 17.7. The molecule has 0 saturated heterocycles. The van der Waals surface area contributed by atoms with E-state index in [1.807, 2.05) is 18.2 Å². The third-order valence-corrected chi connectivity index (χ3v) is 3.54. The second-order valence-corrected chi connectivity index (χ2v) is 4.07. The van der Waals surface area contributed by atoms with E-state index >= 15 is 0 Å². The molecule has 0 saturated carbocycles. The van der Waals surface area contributed by atoms with E-state index in [4.69, 9.17) is 0 Å². The Morgan fingerprint density at radius 1 is 0.933 bits per heavy atom. The molecule has 2 nitrogen and oxygen atoms in total. The van der Waals surface area contributed by atoms with Gasteiger partial charge in [-0.1, -0.05) is 19.7 Å². The van der Waals surface area contributed by atoms with Crippen LogP contribution < -0.4 is 0 Å². The Morgan fingerprint density at radius 3 is 1.33 bits per heavy atom. The van der Waals surface area contributed by atoms with Crippen LogP contribution in [0.25, 0.3) is 0 Å². The van der Waals surface area contributed by atoms with Gasteiger partial charge in [-0.3, -0.25) is 4.48 Å². The summed E-state index contributed by atoms with van der Waals surface area (Å²) in [6.07, 6.45) is 5.61. The van der Waals surface area contributed by atoms with Crippen molar-refractivity contribution in [2.24, 2.45) is 0 Å². The second-order valence-electron chi connectivity index (χ2n) is 4.07. The zero-order chi connectivity index (χ0) is 12.1. The van der Waals surface area contributed by atoms with Crippen LogP contribution in [0.2, 0.25) is 0 Å². The van der Waals surface area contributed by atoms with Crippen LogP contribution in [0.3, 0.4) is 0 Å². The lowest BCUT2D eigenvalue weighted by molar-refractivity contribution is -0.988. The average Bonchev–Trinajstić information content (AvgIpc) is 2.29.